The number of ether oxygens (including phenoxy) is 1. The number of para-hydroxylation sites is 2. The zero-order chi connectivity index (χ0) is 24.5. The summed E-state index contributed by atoms with van der Waals surface area (Å²) in [4.78, 5) is 22.8. The van der Waals surface area contributed by atoms with Gasteiger partial charge in [0.15, 0.2) is 5.82 Å². The van der Waals surface area contributed by atoms with E-state index in [0.717, 1.165) is 17.6 Å². The molecule has 0 saturated carbocycles. The van der Waals surface area contributed by atoms with E-state index >= 15 is 0 Å². The fourth-order valence-corrected chi connectivity index (χ4v) is 4.50. The largest absolute Gasteiger partial charge is 0.387 e. The highest BCUT2D eigenvalue weighted by molar-refractivity contribution is 6.30. The van der Waals surface area contributed by atoms with Gasteiger partial charge >= 0.3 is 0 Å². The molecule has 0 bridgehead atoms. The number of likely N-dealkylation sites (N-methyl/N-ethyl adjacent to an activating group) is 1. The summed E-state index contributed by atoms with van der Waals surface area (Å²) in [7, 11) is 2.03. The van der Waals surface area contributed by atoms with Gasteiger partial charge in [0.1, 0.15) is 17.6 Å². The number of anilines is 1. The summed E-state index contributed by atoms with van der Waals surface area (Å²) in [6.45, 7) is 2.10. The number of fused-ring (bicyclic) bond motifs is 1. The molecule has 1 aliphatic heterocycles. The van der Waals surface area contributed by atoms with Gasteiger partial charge in [0.25, 0.3) is 5.56 Å². The number of aromatic amines is 1. The average Bonchev–Trinajstić information content (AvgIpc) is 3.23. The second-order valence-corrected chi connectivity index (χ2v) is 8.95. The van der Waals surface area contributed by atoms with Crippen LogP contribution in [0.4, 0.5) is 10.1 Å². The summed E-state index contributed by atoms with van der Waals surface area (Å²) in [5.74, 6) is -0.0860. The van der Waals surface area contributed by atoms with E-state index in [1.165, 1.54) is 24.4 Å². The Morgan fingerprint density at radius 3 is 2.94 bits per heavy atom. The highest BCUT2D eigenvalue weighted by Crippen LogP contribution is 2.32. The van der Waals surface area contributed by atoms with Gasteiger partial charge in [-0.3, -0.25) is 14.3 Å². The fraction of sp³-hybridized carbons (Fsp3) is 0.280. The molecule has 182 valence electrons. The maximum atomic E-state index is 13.5. The van der Waals surface area contributed by atoms with Crippen molar-refractivity contribution in [3.05, 3.63) is 81.5 Å². The molecule has 3 heterocycles. The molecule has 2 aromatic carbocycles. The lowest BCUT2D eigenvalue weighted by Gasteiger charge is -2.32. The molecule has 1 fully saturated rings. The number of aliphatic hydroxyl groups excluding tert-OH is 1. The predicted octanol–water partition coefficient (Wildman–Crippen LogP) is 3.79. The van der Waals surface area contributed by atoms with Crippen LogP contribution in [0, 0.1) is 5.82 Å². The van der Waals surface area contributed by atoms with E-state index < -0.39 is 11.9 Å². The maximum absolute atomic E-state index is 13.5. The van der Waals surface area contributed by atoms with Gasteiger partial charge in [-0.05, 0) is 42.9 Å². The van der Waals surface area contributed by atoms with Crippen molar-refractivity contribution >= 4 is 28.3 Å². The minimum Gasteiger partial charge on any atom is -0.387 e. The number of halogens is 2. The first-order valence-electron chi connectivity index (χ1n) is 11.3. The van der Waals surface area contributed by atoms with Gasteiger partial charge in [-0.15, -0.1) is 0 Å². The van der Waals surface area contributed by atoms with Crippen LogP contribution >= 0.6 is 11.6 Å². The van der Waals surface area contributed by atoms with Crippen LogP contribution in [-0.4, -0.2) is 57.8 Å². The second-order valence-electron chi connectivity index (χ2n) is 8.55. The number of hydrogen-bond donors (Lipinski definition) is 3. The summed E-state index contributed by atoms with van der Waals surface area (Å²) in [5.41, 5.74) is 2.58. The van der Waals surface area contributed by atoms with E-state index in [4.69, 9.17) is 21.3 Å². The Morgan fingerprint density at radius 2 is 2.14 bits per heavy atom. The Hall–Kier alpha value is -3.24. The zero-order valence-corrected chi connectivity index (χ0v) is 19.8. The molecule has 0 spiro atoms. The Kier molecular flexibility index (Phi) is 6.57. The first-order valence-corrected chi connectivity index (χ1v) is 11.7. The number of nitrogens with zero attached hydrogens (tertiary/aromatic N) is 3. The van der Waals surface area contributed by atoms with Crippen molar-refractivity contribution in [2.45, 2.75) is 12.3 Å². The molecule has 0 aliphatic carbocycles. The lowest BCUT2D eigenvalue weighted by Crippen LogP contribution is -2.38. The SMILES string of the molecule is CN1CCOC(n2c(-c3c(NCC(O)c4ccc(F)c(Cl)c4)cc[nH]c3=O)nc3ccccc32)C1. The van der Waals surface area contributed by atoms with Crippen LogP contribution in [0.2, 0.25) is 5.02 Å². The maximum Gasteiger partial charge on any atom is 0.261 e. The number of pyridine rings is 1. The minimum atomic E-state index is -0.977. The minimum absolute atomic E-state index is 0.0652. The van der Waals surface area contributed by atoms with Gasteiger partial charge in [0.2, 0.25) is 0 Å². The van der Waals surface area contributed by atoms with Crippen LogP contribution in [0.5, 0.6) is 0 Å². The third-order valence-corrected chi connectivity index (χ3v) is 6.42. The average molecular weight is 498 g/mol. The van der Waals surface area contributed by atoms with Crippen molar-refractivity contribution in [1.29, 1.82) is 0 Å². The summed E-state index contributed by atoms with van der Waals surface area (Å²) in [5, 5.41) is 13.7. The molecular weight excluding hydrogens is 473 g/mol. The van der Waals surface area contributed by atoms with E-state index in [0.29, 0.717) is 35.8 Å². The molecule has 2 unspecified atom stereocenters. The van der Waals surface area contributed by atoms with Crippen molar-refractivity contribution < 1.29 is 14.2 Å². The number of benzene rings is 2. The number of rotatable bonds is 6. The highest BCUT2D eigenvalue weighted by atomic mass is 35.5. The molecule has 5 rings (SSSR count). The molecular formula is C25H25ClFN5O3. The van der Waals surface area contributed by atoms with Crippen LogP contribution in [0.1, 0.15) is 17.9 Å². The van der Waals surface area contributed by atoms with Gasteiger partial charge in [0.05, 0.1) is 34.5 Å². The lowest BCUT2D eigenvalue weighted by atomic mass is 10.1. The Balaban J connectivity index is 1.53. The summed E-state index contributed by atoms with van der Waals surface area (Å²) >= 11 is 5.86. The van der Waals surface area contributed by atoms with Gasteiger partial charge in [0, 0.05) is 25.8 Å². The molecule has 35 heavy (non-hydrogen) atoms. The van der Waals surface area contributed by atoms with Crippen LogP contribution in [0.15, 0.2) is 59.5 Å². The van der Waals surface area contributed by atoms with Gasteiger partial charge in [-0.1, -0.05) is 29.8 Å². The van der Waals surface area contributed by atoms with E-state index in [2.05, 4.69) is 15.2 Å². The zero-order valence-electron chi connectivity index (χ0n) is 19.0. The lowest BCUT2D eigenvalue weighted by molar-refractivity contribution is -0.0584. The van der Waals surface area contributed by atoms with Crippen molar-refractivity contribution in [1.82, 2.24) is 19.4 Å². The molecule has 4 aromatic rings. The molecule has 8 nitrogen and oxygen atoms in total. The molecule has 2 atom stereocenters. The predicted molar refractivity (Wildman–Crippen MR) is 133 cm³/mol. The van der Waals surface area contributed by atoms with Crippen molar-refractivity contribution in [2.24, 2.45) is 0 Å². The summed E-state index contributed by atoms with van der Waals surface area (Å²) in [6, 6.07) is 13.5. The Morgan fingerprint density at radius 1 is 1.31 bits per heavy atom. The van der Waals surface area contributed by atoms with E-state index in [9.17, 15) is 14.3 Å². The molecule has 2 aromatic heterocycles. The monoisotopic (exact) mass is 497 g/mol. The van der Waals surface area contributed by atoms with Crippen LogP contribution in [0.25, 0.3) is 22.4 Å². The number of nitrogens with one attached hydrogen (secondary N) is 2. The molecule has 1 saturated heterocycles. The number of aromatic nitrogens is 3. The van der Waals surface area contributed by atoms with Crippen molar-refractivity contribution in [2.75, 3.05) is 38.6 Å². The Bertz CT molecular complexity index is 1420. The third-order valence-electron chi connectivity index (χ3n) is 6.13. The second kappa shape index (κ2) is 9.79. The number of morpholine rings is 1. The standard InChI is InChI=1S/C25H25ClFN5O3/c1-31-10-11-35-22(14-31)32-20-5-3-2-4-18(20)30-24(32)23-19(8-9-28-25(23)34)29-13-21(33)15-6-7-17(27)16(26)12-15/h2-9,12,21-22,33H,10-11,13-14H2,1H3,(H2,28,29,34). The van der Waals surface area contributed by atoms with Gasteiger partial charge in [-0.2, -0.15) is 0 Å². The van der Waals surface area contributed by atoms with E-state index in [-0.39, 0.29) is 23.4 Å². The molecule has 0 amide bonds. The quantitative estimate of drug-likeness (QED) is 0.375. The van der Waals surface area contributed by atoms with Crippen molar-refractivity contribution in [3.63, 3.8) is 0 Å². The number of imidazole rings is 1. The number of H-pyrrole nitrogens is 1. The molecule has 0 radical (unpaired) electrons. The van der Waals surface area contributed by atoms with Crippen LogP contribution < -0.4 is 10.9 Å². The van der Waals surface area contributed by atoms with Crippen LogP contribution in [-0.2, 0) is 4.74 Å². The first kappa shape index (κ1) is 23.5. The molecule has 1 aliphatic rings. The van der Waals surface area contributed by atoms with Gasteiger partial charge < -0.3 is 20.1 Å². The van der Waals surface area contributed by atoms with E-state index in [1.54, 1.807) is 6.07 Å². The van der Waals surface area contributed by atoms with E-state index in [1.807, 2.05) is 35.9 Å². The van der Waals surface area contributed by atoms with Gasteiger partial charge in [-0.25, -0.2) is 9.37 Å². The first-order chi connectivity index (χ1) is 16.9. The summed E-state index contributed by atoms with van der Waals surface area (Å²) < 4.78 is 21.6. The van der Waals surface area contributed by atoms with Crippen molar-refractivity contribution in [3.8, 4) is 11.4 Å². The smallest absolute Gasteiger partial charge is 0.261 e. The number of hydrogen-bond acceptors (Lipinski definition) is 6. The normalized spacial score (nSPS) is 17.5. The third kappa shape index (κ3) is 4.68. The fourth-order valence-electron chi connectivity index (χ4n) is 4.32. The molecule has 3 N–H and O–H groups in total. The summed E-state index contributed by atoms with van der Waals surface area (Å²) in [6.07, 6.45) is 0.234. The number of aliphatic hydroxyl groups is 1. The topological polar surface area (TPSA) is 95.4 Å². The molecule has 10 heteroatoms. The highest BCUT2D eigenvalue weighted by Gasteiger charge is 2.27. The van der Waals surface area contributed by atoms with Crippen LogP contribution in [0.3, 0.4) is 0 Å². The Labute approximate surface area is 205 Å².